The Hall–Kier alpha value is -0.470. The van der Waals surface area contributed by atoms with Crippen LogP contribution < -0.4 is 5.73 Å². The normalized spacial score (nSPS) is 24.9. The predicted molar refractivity (Wildman–Crippen MR) is 72.7 cm³/mol. The van der Waals surface area contributed by atoms with Crippen LogP contribution in [0.4, 0.5) is 0 Å². The van der Waals surface area contributed by atoms with Crippen molar-refractivity contribution >= 4 is 11.8 Å². The maximum Gasteiger partial charge on any atom is 0.0187 e. The number of hydrogen-bond acceptors (Lipinski definition) is 2. The van der Waals surface area contributed by atoms with Crippen LogP contribution in [0.25, 0.3) is 0 Å². The van der Waals surface area contributed by atoms with Gasteiger partial charge in [0.15, 0.2) is 0 Å². The van der Waals surface area contributed by atoms with Gasteiger partial charge in [-0.15, -0.1) is 0 Å². The Labute approximate surface area is 103 Å². The molecule has 2 rings (SSSR count). The highest BCUT2D eigenvalue weighted by atomic mass is 32.2. The number of benzene rings is 1. The van der Waals surface area contributed by atoms with Crippen molar-refractivity contribution in [1.29, 1.82) is 0 Å². The SMILES string of the molecule is Cc1cccc(CSC2CCCC2CN)c1. The van der Waals surface area contributed by atoms with Crippen molar-refractivity contribution in [2.24, 2.45) is 11.7 Å². The second-order valence-electron chi connectivity index (χ2n) is 4.77. The molecular formula is C14H21NS. The van der Waals surface area contributed by atoms with Gasteiger partial charge in [0.2, 0.25) is 0 Å². The second-order valence-corrected chi connectivity index (χ2v) is 5.99. The summed E-state index contributed by atoms with van der Waals surface area (Å²) >= 11 is 2.10. The van der Waals surface area contributed by atoms with Gasteiger partial charge >= 0.3 is 0 Å². The average molecular weight is 235 g/mol. The molecule has 0 radical (unpaired) electrons. The molecule has 0 spiro atoms. The first-order valence-electron chi connectivity index (χ1n) is 6.17. The first kappa shape index (κ1) is 12.0. The zero-order chi connectivity index (χ0) is 11.4. The lowest BCUT2D eigenvalue weighted by atomic mass is 10.1. The van der Waals surface area contributed by atoms with Gasteiger partial charge < -0.3 is 5.73 Å². The van der Waals surface area contributed by atoms with Crippen molar-refractivity contribution in [3.8, 4) is 0 Å². The molecule has 0 aliphatic heterocycles. The minimum Gasteiger partial charge on any atom is -0.330 e. The second kappa shape index (κ2) is 5.74. The lowest BCUT2D eigenvalue weighted by molar-refractivity contribution is 0.573. The summed E-state index contributed by atoms with van der Waals surface area (Å²) in [6, 6.07) is 8.83. The summed E-state index contributed by atoms with van der Waals surface area (Å²) < 4.78 is 0. The zero-order valence-electron chi connectivity index (χ0n) is 9.99. The zero-order valence-corrected chi connectivity index (χ0v) is 10.8. The molecule has 2 heteroatoms. The summed E-state index contributed by atoms with van der Waals surface area (Å²) in [7, 11) is 0. The summed E-state index contributed by atoms with van der Waals surface area (Å²) in [4.78, 5) is 0. The molecule has 1 aliphatic rings. The standard InChI is InChI=1S/C14H21NS/c1-11-4-2-5-12(8-11)10-16-14-7-3-6-13(14)9-15/h2,4-5,8,13-14H,3,6-7,9-10,15H2,1H3. The fourth-order valence-electron chi connectivity index (χ4n) is 2.50. The van der Waals surface area contributed by atoms with Gasteiger partial charge in [-0.3, -0.25) is 0 Å². The third kappa shape index (κ3) is 3.02. The summed E-state index contributed by atoms with van der Waals surface area (Å²) in [5.41, 5.74) is 8.62. The van der Waals surface area contributed by atoms with Crippen LogP contribution in [0, 0.1) is 12.8 Å². The fourth-order valence-corrected chi connectivity index (χ4v) is 3.94. The van der Waals surface area contributed by atoms with Crippen LogP contribution in [0.5, 0.6) is 0 Å². The summed E-state index contributed by atoms with van der Waals surface area (Å²) in [5.74, 6) is 1.90. The molecule has 1 aromatic carbocycles. The van der Waals surface area contributed by atoms with Crippen molar-refractivity contribution < 1.29 is 0 Å². The Kier molecular flexibility index (Phi) is 4.30. The number of hydrogen-bond donors (Lipinski definition) is 1. The maximum atomic E-state index is 5.80. The molecule has 1 nitrogen and oxygen atoms in total. The van der Waals surface area contributed by atoms with E-state index in [-0.39, 0.29) is 0 Å². The van der Waals surface area contributed by atoms with Crippen molar-refractivity contribution in [2.75, 3.05) is 6.54 Å². The van der Waals surface area contributed by atoms with E-state index in [9.17, 15) is 0 Å². The number of thioether (sulfide) groups is 1. The van der Waals surface area contributed by atoms with E-state index in [0.717, 1.165) is 23.5 Å². The van der Waals surface area contributed by atoms with E-state index in [2.05, 4.69) is 43.0 Å². The molecule has 1 aromatic rings. The third-order valence-electron chi connectivity index (χ3n) is 3.44. The van der Waals surface area contributed by atoms with Gasteiger partial charge in [0.25, 0.3) is 0 Å². The molecule has 0 bridgehead atoms. The number of rotatable bonds is 4. The Balaban J connectivity index is 1.87. The molecule has 16 heavy (non-hydrogen) atoms. The van der Waals surface area contributed by atoms with Crippen LogP contribution in [0.1, 0.15) is 30.4 Å². The van der Waals surface area contributed by atoms with Crippen LogP contribution >= 0.6 is 11.8 Å². The molecule has 0 amide bonds. The predicted octanol–water partition coefficient (Wildman–Crippen LogP) is 3.36. The molecule has 1 saturated carbocycles. The van der Waals surface area contributed by atoms with E-state index in [4.69, 9.17) is 5.73 Å². The van der Waals surface area contributed by atoms with Crippen LogP contribution in [-0.2, 0) is 5.75 Å². The minimum absolute atomic E-state index is 0.759. The Morgan fingerprint density at radius 3 is 3.00 bits per heavy atom. The van der Waals surface area contributed by atoms with E-state index in [1.807, 2.05) is 0 Å². The van der Waals surface area contributed by atoms with Crippen molar-refractivity contribution in [3.63, 3.8) is 0 Å². The van der Waals surface area contributed by atoms with Gasteiger partial charge in [-0.25, -0.2) is 0 Å². The molecule has 0 saturated heterocycles. The maximum absolute atomic E-state index is 5.80. The summed E-state index contributed by atoms with van der Waals surface area (Å²) in [6.07, 6.45) is 4.06. The molecular weight excluding hydrogens is 214 g/mol. The van der Waals surface area contributed by atoms with Gasteiger partial charge in [-0.1, -0.05) is 36.2 Å². The van der Waals surface area contributed by atoms with Crippen LogP contribution in [-0.4, -0.2) is 11.8 Å². The number of aryl methyl sites for hydroxylation is 1. The average Bonchev–Trinajstić information content (AvgIpc) is 2.74. The monoisotopic (exact) mass is 235 g/mol. The molecule has 2 N–H and O–H groups in total. The van der Waals surface area contributed by atoms with Gasteiger partial charge in [0, 0.05) is 11.0 Å². The van der Waals surface area contributed by atoms with Gasteiger partial charge in [0.05, 0.1) is 0 Å². The first-order chi connectivity index (χ1) is 7.79. The lowest BCUT2D eigenvalue weighted by Gasteiger charge is -2.17. The lowest BCUT2D eigenvalue weighted by Crippen LogP contribution is -2.20. The van der Waals surface area contributed by atoms with Crippen molar-refractivity contribution in [3.05, 3.63) is 35.4 Å². The Morgan fingerprint density at radius 1 is 1.38 bits per heavy atom. The topological polar surface area (TPSA) is 26.0 Å². The molecule has 1 fully saturated rings. The van der Waals surface area contributed by atoms with Crippen LogP contribution in [0.2, 0.25) is 0 Å². The third-order valence-corrected chi connectivity index (χ3v) is 4.99. The smallest absolute Gasteiger partial charge is 0.0187 e. The Morgan fingerprint density at radius 2 is 2.25 bits per heavy atom. The first-order valence-corrected chi connectivity index (χ1v) is 7.21. The van der Waals surface area contributed by atoms with Gasteiger partial charge in [-0.2, -0.15) is 11.8 Å². The highest BCUT2D eigenvalue weighted by Gasteiger charge is 2.25. The summed E-state index contributed by atoms with van der Waals surface area (Å²) in [5, 5.41) is 0.797. The van der Waals surface area contributed by atoms with Gasteiger partial charge in [0.1, 0.15) is 0 Å². The molecule has 0 aromatic heterocycles. The van der Waals surface area contributed by atoms with Crippen LogP contribution in [0.3, 0.4) is 0 Å². The minimum atomic E-state index is 0.759. The van der Waals surface area contributed by atoms with E-state index >= 15 is 0 Å². The fraction of sp³-hybridized carbons (Fsp3) is 0.571. The largest absolute Gasteiger partial charge is 0.330 e. The molecule has 2 unspecified atom stereocenters. The van der Waals surface area contributed by atoms with Crippen molar-refractivity contribution in [2.45, 2.75) is 37.2 Å². The molecule has 88 valence electrons. The highest BCUT2D eigenvalue weighted by molar-refractivity contribution is 7.99. The van der Waals surface area contributed by atoms with E-state index in [0.29, 0.717) is 0 Å². The molecule has 2 atom stereocenters. The van der Waals surface area contributed by atoms with E-state index in [1.165, 1.54) is 30.4 Å². The summed E-state index contributed by atoms with van der Waals surface area (Å²) in [6.45, 7) is 3.03. The molecule has 1 aliphatic carbocycles. The van der Waals surface area contributed by atoms with Gasteiger partial charge in [-0.05, 0) is 37.8 Å². The molecule has 0 heterocycles. The van der Waals surface area contributed by atoms with Crippen LogP contribution in [0.15, 0.2) is 24.3 Å². The van der Waals surface area contributed by atoms with E-state index in [1.54, 1.807) is 0 Å². The van der Waals surface area contributed by atoms with E-state index < -0.39 is 0 Å². The Bertz CT molecular complexity index is 337. The number of nitrogens with two attached hydrogens (primary N) is 1. The highest BCUT2D eigenvalue weighted by Crippen LogP contribution is 2.36. The van der Waals surface area contributed by atoms with Crippen molar-refractivity contribution in [1.82, 2.24) is 0 Å². The quantitative estimate of drug-likeness (QED) is 0.866.